The quantitative estimate of drug-likeness (QED) is 0.876. The van der Waals surface area contributed by atoms with Gasteiger partial charge >= 0.3 is 5.97 Å². The van der Waals surface area contributed by atoms with Gasteiger partial charge in [-0.2, -0.15) is 0 Å². The standard InChI is InChI=1S/C16H16BrNO2/c1-10-5-3-6-11(2)14(10)15(16(19)20)18-13-8-4-7-12(17)9-13/h3-9,15,18H,1-2H3,(H,19,20). The van der Waals surface area contributed by atoms with Crippen molar-refractivity contribution < 1.29 is 9.90 Å². The Morgan fingerprint density at radius 3 is 2.30 bits per heavy atom. The SMILES string of the molecule is Cc1cccc(C)c1C(Nc1cccc(Br)c1)C(=O)O. The summed E-state index contributed by atoms with van der Waals surface area (Å²) in [5.74, 6) is -0.887. The molecule has 0 spiro atoms. The Balaban J connectivity index is 2.40. The van der Waals surface area contributed by atoms with Crippen LogP contribution in [0.5, 0.6) is 0 Å². The highest BCUT2D eigenvalue weighted by Gasteiger charge is 2.23. The zero-order valence-corrected chi connectivity index (χ0v) is 12.9. The predicted octanol–water partition coefficient (Wildman–Crippen LogP) is 4.30. The molecular formula is C16H16BrNO2. The molecule has 0 aromatic heterocycles. The third-order valence-electron chi connectivity index (χ3n) is 3.21. The van der Waals surface area contributed by atoms with Gasteiger partial charge < -0.3 is 10.4 Å². The lowest BCUT2D eigenvalue weighted by atomic mass is 9.96. The van der Waals surface area contributed by atoms with Gasteiger partial charge in [0.2, 0.25) is 0 Å². The van der Waals surface area contributed by atoms with Gasteiger partial charge in [-0.15, -0.1) is 0 Å². The molecule has 0 saturated heterocycles. The van der Waals surface area contributed by atoms with Crippen molar-refractivity contribution in [3.05, 3.63) is 63.6 Å². The Labute approximate surface area is 126 Å². The summed E-state index contributed by atoms with van der Waals surface area (Å²) in [6.45, 7) is 3.86. The van der Waals surface area contributed by atoms with Crippen molar-refractivity contribution in [3.8, 4) is 0 Å². The van der Waals surface area contributed by atoms with Crippen LogP contribution in [-0.2, 0) is 4.79 Å². The lowest BCUT2D eigenvalue weighted by Crippen LogP contribution is -2.22. The first kappa shape index (κ1) is 14.6. The van der Waals surface area contributed by atoms with Crippen molar-refractivity contribution in [2.45, 2.75) is 19.9 Å². The van der Waals surface area contributed by atoms with E-state index in [-0.39, 0.29) is 0 Å². The van der Waals surface area contributed by atoms with Crippen molar-refractivity contribution in [2.75, 3.05) is 5.32 Å². The smallest absolute Gasteiger partial charge is 0.330 e. The number of carbonyl (C=O) groups is 1. The van der Waals surface area contributed by atoms with Gasteiger partial charge in [-0.1, -0.05) is 40.2 Å². The molecular weight excluding hydrogens is 318 g/mol. The van der Waals surface area contributed by atoms with Crippen LogP contribution >= 0.6 is 15.9 Å². The molecule has 104 valence electrons. The lowest BCUT2D eigenvalue weighted by molar-refractivity contribution is -0.138. The molecule has 0 aliphatic heterocycles. The molecule has 0 aliphatic rings. The summed E-state index contributed by atoms with van der Waals surface area (Å²) in [4.78, 5) is 11.6. The summed E-state index contributed by atoms with van der Waals surface area (Å²) in [6.07, 6.45) is 0. The van der Waals surface area contributed by atoms with Crippen molar-refractivity contribution in [1.82, 2.24) is 0 Å². The first-order chi connectivity index (χ1) is 9.49. The number of hydrogen-bond acceptors (Lipinski definition) is 2. The number of carboxylic acids is 1. The molecule has 0 aliphatic carbocycles. The average molecular weight is 334 g/mol. The molecule has 20 heavy (non-hydrogen) atoms. The Kier molecular flexibility index (Phi) is 4.45. The van der Waals surface area contributed by atoms with E-state index in [0.717, 1.165) is 26.9 Å². The zero-order valence-electron chi connectivity index (χ0n) is 11.4. The van der Waals surface area contributed by atoms with Crippen molar-refractivity contribution in [2.24, 2.45) is 0 Å². The van der Waals surface area contributed by atoms with Gasteiger partial charge in [-0.05, 0) is 48.7 Å². The third kappa shape index (κ3) is 3.20. The van der Waals surface area contributed by atoms with Crippen LogP contribution < -0.4 is 5.32 Å². The summed E-state index contributed by atoms with van der Waals surface area (Å²) in [6, 6.07) is 12.5. The number of anilines is 1. The Bertz CT molecular complexity index is 620. The van der Waals surface area contributed by atoms with Gasteiger partial charge in [0, 0.05) is 10.2 Å². The first-order valence-corrected chi connectivity index (χ1v) is 7.09. The van der Waals surface area contributed by atoms with Crippen LogP contribution in [0.4, 0.5) is 5.69 Å². The third-order valence-corrected chi connectivity index (χ3v) is 3.71. The number of carboxylic acid groups (broad SMARTS) is 1. The van der Waals surface area contributed by atoms with Gasteiger partial charge in [-0.25, -0.2) is 4.79 Å². The van der Waals surface area contributed by atoms with Crippen LogP contribution in [0.3, 0.4) is 0 Å². The van der Waals surface area contributed by atoms with Crippen LogP contribution in [0.15, 0.2) is 46.9 Å². The average Bonchev–Trinajstić information content (AvgIpc) is 2.37. The molecule has 1 unspecified atom stereocenters. The fourth-order valence-electron chi connectivity index (χ4n) is 2.29. The molecule has 0 amide bonds. The molecule has 4 heteroatoms. The molecule has 2 rings (SSSR count). The van der Waals surface area contributed by atoms with Crippen molar-refractivity contribution >= 4 is 27.6 Å². The monoisotopic (exact) mass is 333 g/mol. The second-order valence-electron chi connectivity index (χ2n) is 4.73. The minimum Gasteiger partial charge on any atom is -0.479 e. The lowest BCUT2D eigenvalue weighted by Gasteiger charge is -2.20. The second kappa shape index (κ2) is 6.09. The predicted molar refractivity (Wildman–Crippen MR) is 84.1 cm³/mol. The summed E-state index contributed by atoms with van der Waals surface area (Å²) >= 11 is 3.39. The van der Waals surface area contributed by atoms with E-state index >= 15 is 0 Å². The number of nitrogens with one attached hydrogen (secondary N) is 1. The Hall–Kier alpha value is -1.81. The number of halogens is 1. The number of hydrogen-bond donors (Lipinski definition) is 2. The molecule has 2 N–H and O–H groups in total. The van der Waals surface area contributed by atoms with Gasteiger partial charge in [0.25, 0.3) is 0 Å². The number of aliphatic carboxylic acids is 1. The minimum atomic E-state index is -0.887. The molecule has 0 bridgehead atoms. The normalized spacial score (nSPS) is 11.9. The van der Waals surface area contributed by atoms with Crippen LogP contribution in [-0.4, -0.2) is 11.1 Å². The highest BCUT2D eigenvalue weighted by atomic mass is 79.9. The van der Waals surface area contributed by atoms with E-state index in [0.29, 0.717) is 0 Å². The maximum absolute atomic E-state index is 11.6. The fraction of sp³-hybridized carbons (Fsp3) is 0.188. The molecule has 0 fully saturated rings. The molecule has 3 nitrogen and oxygen atoms in total. The number of rotatable bonds is 4. The fourth-order valence-corrected chi connectivity index (χ4v) is 2.68. The Morgan fingerprint density at radius 1 is 1.15 bits per heavy atom. The Morgan fingerprint density at radius 2 is 1.75 bits per heavy atom. The van der Waals surface area contributed by atoms with Crippen LogP contribution in [0.1, 0.15) is 22.7 Å². The molecule has 2 aromatic carbocycles. The van der Waals surface area contributed by atoms with Crippen LogP contribution in [0.2, 0.25) is 0 Å². The van der Waals surface area contributed by atoms with E-state index in [4.69, 9.17) is 0 Å². The van der Waals surface area contributed by atoms with E-state index in [1.54, 1.807) is 0 Å². The van der Waals surface area contributed by atoms with E-state index < -0.39 is 12.0 Å². The first-order valence-electron chi connectivity index (χ1n) is 6.30. The maximum atomic E-state index is 11.6. The van der Waals surface area contributed by atoms with E-state index in [1.807, 2.05) is 56.3 Å². The number of aryl methyl sites for hydroxylation is 2. The van der Waals surface area contributed by atoms with E-state index in [2.05, 4.69) is 21.2 Å². The van der Waals surface area contributed by atoms with Crippen molar-refractivity contribution in [1.29, 1.82) is 0 Å². The van der Waals surface area contributed by atoms with Gasteiger partial charge in [-0.3, -0.25) is 0 Å². The summed E-state index contributed by atoms with van der Waals surface area (Å²) in [5, 5.41) is 12.6. The highest BCUT2D eigenvalue weighted by molar-refractivity contribution is 9.10. The molecule has 2 aromatic rings. The van der Waals surface area contributed by atoms with Crippen molar-refractivity contribution in [3.63, 3.8) is 0 Å². The molecule has 0 heterocycles. The highest BCUT2D eigenvalue weighted by Crippen LogP contribution is 2.27. The number of benzene rings is 2. The second-order valence-corrected chi connectivity index (χ2v) is 5.65. The van der Waals surface area contributed by atoms with Gasteiger partial charge in [0.15, 0.2) is 6.04 Å². The molecule has 0 saturated carbocycles. The van der Waals surface area contributed by atoms with E-state index in [1.165, 1.54) is 0 Å². The summed E-state index contributed by atoms with van der Waals surface area (Å²) in [7, 11) is 0. The topological polar surface area (TPSA) is 49.3 Å². The van der Waals surface area contributed by atoms with E-state index in [9.17, 15) is 9.90 Å². The van der Waals surface area contributed by atoms with Crippen LogP contribution in [0, 0.1) is 13.8 Å². The zero-order chi connectivity index (χ0) is 14.7. The summed E-state index contributed by atoms with van der Waals surface area (Å²) in [5.41, 5.74) is 3.54. The van der Waals surface area contributed by atoms with Crippen LogP contribution in [0.25, 0.3) is 0 Å². The molecule has 0 radical (unpaired) electrons. The molecule has 1 atom stereocenters. The minimum absolute atomic E-state index is 0.759. The maximum Gasteiger partial charge on any atom is 0.330 e. The summed E-state index contributed by atoms with van der Waals surface area (Å²) < 4.78 is 0.910. The van der Waals surface area contributed by atoms with Gasteiger partial charge in [0.05, 0.1) is 0 Å². The largest absolute Gasteiger partial charge is 0.479 e. The van der Waals surface area contributed by atoms with Gasteiger partial charge in [0.1, 0.15) is 0 Å².